The fourth-order valence-electron chi connectivity index (χ4n) is 1.33. The summed E-state index contributed by atoms with van der Waals surface area (Å²) in [6, 6.07) is 8.06. The summed E-state index contributed by atoms with van der Waals surface area (Å²) in [6.07, 6.45) is 2.24. The van der Waals surface area contributed by atoms with Crippen molar-refractivity contribution >= 4 is 5.69 Å². The van der Waals surface area contributed by atoms with Crippen LogP contribution in [-0.2, 0) is 6.42 Å². The summed E-state index contributed by atoms with van der Waals surface area (Å²) in [5.41, 5.74) is 13.1. The van der Waals surface area contributed by atoms with Gasteiger partial charge in [-0.25, -0.2) is 0 Å². The molecule has 1 aromatic carbocycles. The lowest BCUT2D eigenvalue weighted by molar-refractivity contribution is 0.653. The Morgan fingerprint density at radius 2 is 1.79 bits per heavy atom. The molecule has 0 unspecified atom stereocenters. The summed E-state index contributed by atoms with van der Waals surface area (Å²) in [4.78, 5) is 0. The van der Waals surface area contributed by atoms with Gasteiger partial charge in [-0.15, -0.1) is 0 Å². The van der Waals surface area contributed by atoms with Crippen LogP contribution in [-0.4, -0.2) is 19.6 Å². The zero-order valence-electron chi connectivity index (χ0n) is 8.50. The van der Waals surface area contributed by atoms with Crippen LogP contribution >= 0.6 is 0 Å². The standard InChI is InChI=1S/C11H19N3/c12-7-9-14-8-1-2-10-3-5-11(13)6-4-10/h3-6,14H,1-2,7-9,12-13H2. The van der Waals surface area contributed by atoms with E-state index in [2.05, 4.69) is 17.4 Å². The highest BCUT2D eigenvalue weighted by Gasteiger charge is 1.92. The highest BCUT2D eigenvalue weighted by molar-refractivity contribution is 5.39. The van der Waals surface area contributed by atoms with Gasteiger partial charge in [0.15, 0.2) is 0 Å². The number of nitrogen functional groups attached to an aromatic ring is 1. The Kier molecular flexibility index (Phi) is 5.04. The first-order valence-corrected chi connectivity index (χ1v) is 5.08. The van der Waals surface area contributed by atoms with Gasteiger partial charge in [0.25, 0.3) is 0 Å². The van der Waals surface area contributed by atoms with Gasteiger partial charge >= 0.3 is 0 Å². The van der Waals surface area contributed by atoms with Crippen LogP contribution in [0.25, 0.3) is 0 Å². The molecule has 0 spiro atoms. The SMILES string of the molecule is NCCNCCCc1ccc(N)cc1. The Labute approximate surface area is 85.5 Å². The number of nitrogens with one attached hydrogen (secondary N) is 1. The van der Waals surface area contributed by atoms with E-state index >= 15 is 0 Å². The van der Waals surface area contributed by atoms with Crippen LogP contribution in [0.2, 0.25) is 0 Å². The molecule has 0 bridgehead atoms. The first-order valence-electron chi connectivity index (χ1n) is 5.08. The van der Waals surface area contributed by atoms with Crippen molar-refractivity contribution < 1.29 is 0 Å². The molecule has 3 heteroatoms. The number of anilines is 1. The predicted octanol–water partition coefficient (Wildman–Crippen LogP) is 0.750. The number of nitrogens with two attached hydrogens (primary N) is 2. The van der Waals surface area contributed by atoms with Crippen molar-refractivity contribution in [2.75, 3.05) is 25.4 Å². The fraction of sp³-hybridized carbons (Fsp3) is 0.455. The van der Waals surface area contributed by atoms with E-state index in [9.17, 15) is 0 Å². The van der Waals surface area contributed by atoms with Gasteiger partial charge in [0, 0.05) is 18.8 Å². The van der Waals surface area contributed by atoms with Crippen LogP contribution in [0.15, 0.2) is 24.3 Å². The normalized spacial score (nSPS) is 10.4. The van der Waals surface area contributed by atoms with Gasteiger partial charge in [0.1, 0.15) is 0 Å². The van der Waals surface area contributed by atoms with E-state index in [1.54, 1.807) is 0 Å². The summed E-state index contributed by atoms with van der Waals surface area (Å²) in [7, 11) is 0. The number of rotatable bonds is 6. The largest absolute Gasteiger partial charge is 0.399 e. The molecule has 78 valence electrons. The zero-order chi connectivity index (χ0) is 10.2. The van der Waals surface area contributed by atoms with Crippen LogP contribution in [0.5, 0.6) is 0 Å². The molecule has 1 aromatic rings. The van der Waals surface area contributed by atoms with E-state index in [1.807, 2.05) is 12.1 Å². The van der Waals surface area contributed by atoms with Crippen molar-refractivity contribution in [1.82, 2.24) is 5.32 Å². The van der Waals surface area contributed by atoms with E-state index in [0.29, 0.717) is 6.54 Å². The molecular formula is C11H19N3. The van der Waals surface area contributed by atoms with Crippen molar-refractivity contribution in [1.29, 1.82) is 0 Å². The highest BCUT2D eigenvalue weighted by Crippen LogP contribution is 2.06. The topological polar surface area (TPSA) is 64.1 Å². The monoisotopic (exact) mass is 193 g/mol. The van der Waals surface area contributed by atoms with Crippen molar-refractivity contribution in [3.8, 4) is 0 Å². The van der Waals surface area contributed by atoms with Gasteiger partial charge in [-0.3, -0.25) is 0 Å². The molecule has 0 aliphatic carbocycles. The third-order valence-corrected chi connectivity index (χ3v) is 2.12. The number of hydrogen-bond acceptors (Lipinski definition) is 3. The summed E-state index contributed by atoms with van der Waals surface area (Å²) in [5.74, 6) is 0. The molecule has 0 heterocycles. The molecule has 0 amide bonds. The predicted molar refractivity (Wildman–Crippen MR) is 61.1 cm³/mol. The molecule has 0 radical (unpaired) electrons. The fourth-order valence-corrected chi connectivity index (χ4v) is 1.33. The lowest BCUT2D eigenvalue weighted by Gasteiger charge is -2.03. The number of benzene rings is 1. The van der Waals surface area contributed by atoms with E-state index in [4.69, 9.17) is 11.5 Å². The van der Waals surface area contributed by atoms with Crippen LogP contribution in [0.3, 0.4) is 0 Å². The maximum Gasteiger partial charge on any atom is 0.0314 e. The van der Waals surface area contributed by atoms with Crippen LogP contribution in [0.1, 0.15) is 12.0 Å². The van der Waals surface area contributed by atoms with Crippen LogP contribution < -0.4 is 16.8 Å². The molecule has 1 rings (SSSR count). The Balaban J connectivity index is 2.15. The summed E-state index contributed by atoms with van der Waals surface area (Å²) in [6.45, 7) is 2.64. The second-order valence-corrected chi connectivity index (χ2v) is 3.38. The molecule has 0 saturated heterocycles. The van der Waals surface area contributed by atoms with Gasteiger partial charge < -0.3 is 16.8 Å². The third-order valence-electron chi connectivity index (χ3n) is 2.12. The lowest BCUT2D eigenvalue weighted by atomic mass is 10.1. The number of hydrogen-bond donors (Lipinski definition) is 3. The van der Waals surface area contributed by atoms with Crippen molar-refractivity contribution in [2.45, 2.75) is 12.8 Å². The Bertz CT molecular complexity index is 243. The minimum atomic E-state index is 0.710. The van der Waals surface area contributed by atoms with Gasteiger partial charge in [0.2, 0.25) is 0 Å². The van der Waals surface area contributed by atoms with Crippen molar-refractivity contribution in [2.24, 2.45) is 5.73 Å². The summed E-state index contributed by atoms with van der Waals surface area (Å²) in [5, 5.41) is 3.27. The van der Waals surface area contributed by atoms with Gasteiger partial charge in [-0.1, -0.05) is 12.1 Å². The highest BCUT2D eigenvalue weighted by atomic mass is 14.9. The van der Waals surface area contributed by atoms with Gasteiger partial charge in [0.05, 0.1) is 0 Å². The van der Waals surface area contributed by atoms with E-state index in [0.717, 1.165) is 31.6 Å². The Morgan fingerprint density at radius 3 is 2.43 bits per heavy atom. The molecule has 0 aromatic heterocycles. The van der Waals surface area contributed by atoms with Crippen molar-refractivity contribution in [3.63, 3.8) is 0 Å². The van der Waals surface area contributed by atoms with Gasteiger partial charge in [-0.2, -0.15) is 0 Å². The molecule has 0 fully saturated rings. The van der Waals surface area contributed by atoms with E-state index < -0.39 is 0 Å². The average molecular weight is 193 g/mol. The number of aryl methyl sites for hydroxylation is 1. The molecule has 5 N–H and O–H groups in total. The molecule has 0 aliphatic rings. The third kappa shape index (κ3) is 4.25. The molecule has 3 nitrogen and oxygen atoms in total. The maximum atomic E-state index is 5.59. The Morgan fingerprint density at radius 1 is 1.07 bits per heavy atom. The molecule has 0 aliphatic heterocycles. The first-order chi connectivity index (χ1) is 6.83. The maximum absolute atomic E-state index is 5.59. The second kappa shape index (κ2) is 6.40. The Hall–Kier alpha value is -1.06. The average Bonchev–Trinajstić information content (AvgIpc) is 2.21. The molecular weight excluding hydrogens is 174 g/mol. The van der Waals surface area contributed by atoms with Crippen LogP contribution in [0, 0.1) is 0 Å². The quantitative estimate of drug-likeness (QED) is 0.461. The van der Waals surface area contributed by atoms with Crippen LogP contribution in [0.4, 0.5) is 5.69 Å². The van der Waals surface area contributed by atoms with Gasteiger partial charge in [-0.05, 0) is 37.1 Å². The van der Waals surface area contributed by atoms with E-state index in [1.165, 1.54) is 5.56 Å². The zero-order valence-corrected chi connectivity index (χ0v) is 8.50. The van der Waals surface area contributed by atoms with Crippen molar-refractivity contribution in [3.05, 3.63) is 29.8 Å². The second-order valence-electron chi connectivity index (χ2n) is 3.38. The molecule has 14 heavy (non-hydrogen) atoms. The van der Waals surface area contributed by atoms with E-state index in [-0.39, 0.29) is 0 Å². The first kappa shape index (κ1) is 11.0. The minimum absolute atomic E-state index is 0.710. The summed E-state index contributed by atoms with van der Waals surface area (Å²) >= 11 is 0. The smallest absolute Gasteiger partial charge is 0.0314 e. The molecule has 0 saturated carbocycles. The minimum Gasteiger partial charge on any atom is -0.399 e. The molecule has 0 atom stereocenters. The summed E-state index contributed by atoms with van der Waals surface area (Å²) < 4.78 is 0. The lowest BCUT2D eigenvalue weighted by Crippen LogP contribution is -2.23.